The van der Waals surface area contributed by atoms with E-state index in [0.717, 1.165) is 17.5 Å². The van der Waals surface area contributed by atoms with Gasteiger partial charge in [0.1, 0.15) is 29.1 Å². The molecule has 1 aliphatic rings. The molecule has 0 bridgehead atoms. The summed E-state index contributed by atoms with van der Waals surface area (Å²) in [4.78, 5) is 18.4. The summed E-state index contributed by atoms with van der Waals surface area (Å²) < 4.78 is 5.37. The predicted octanol–water partition coefficient (Wildman–Crippen LogP) is 3.71. The molecule has 2 heterocycles. The molecule has 2 N–H and O–H groups in total. The Morgan fingerprint density at radius 3 is 2.30 bits per heavy atom. The molecule has 2 aromatic rings. The van der Waals surface area contributed by atoms with Crippen molar-refractivity contribution in [2.24, 2.45) is 5.73 Å². The summed E-state index contributed by atoms with van der Waals surface area (Å²) in [6, 6.07) is 13.0. The van der Waals surface area contributed by atoms with Crippen molar-refractivity contribution in [3.8, 4) is 12.1 Å². The number of carbonyl (C=O) groups excluding carboxylic acids is 1. The summed E-state index contributed by atoms with van der Waals surface area (Å²) >= 11 is 1.52. The second kappa shape index (κ2) is 11.7. The van der Waals surface area contributed by atoms with Gasteiger partial charge in [0.2, 0.25) is 0 Å². The van der Waals surface area contributed by atoms with E-state index in [1.165, 1.54) is 17.3 Å². The fourth-order valence-electron chi connectivity index (χ4n) is 3.96. The lowest BCUT2D eigenvalue weighted by molar-refractivity contribution is -0.148. The van der Waals surface area contributed by atoms with E-state index in [0.29, 0.717) is 60.1 Å². The topological polar surface area (TPSA) is 116 Å². The van der Waals surface area contributed by atoms with Gasteiger partial charge in [-0.15, -0.1) is 11.8 Å². The molecule has 1 aliphatic heterocycles. The van der Waals surface area contributed by atoms with Gasteiger partial charge >= 0.3 is 5.97 Å². The average molecular weight is 464 g/mol. The molecule has 7 nitrogen and oxygen atoms in total. The summed E-state index contributed by atoms with van der Waals surface area (Å²) in [6.45, 7) is 5.18. The zero-order chi connectivity index (χ0) is 23.8. The molecule has 0 spiro atoms. The van der Waals surface area contributed by atoms with Crippen LogP contribution in [0.25, 0.3) is 0 Å². The summed E-state index contributed by atoms with van der Waals surface area (Å²) in [5.74, 6) is 0.902. The number of carbonyl (C=O) groups is 1. The molecule has 1 fully saturated rings. The maximum Gasteiger partial charge on any atom is 0.319 e. The Labute approximate surface area is 199 Å². The Kier molecular flexibility index (Phi) is 8.71. The zero-order valence-electron chi connectivity index (χ0n) is 19.1. The molecule has 172 valence electrons. The fraction of sp³-hybridized carbons (Fsp3) is 0.440. The van der Waals surface area contributed by atoms with Crippen LogP contribution in [0.15, 0.2) is 29.3 Å². The molecule has 0 aliphatic carbocycles. The smallest absolute Gasteiger partial charge is 0.319 e. The number of nitrogens with zero attached hydrogens (tertiary/aromatic N) is 4. The Balaban J connectivity index is 1.86. The van der Waals surface area contributed by atoms with Crippen molar-refractivity contribution in [1.82, 2.24) is 4.98 Å². The number of anilines is 1. The lowest BCUT2D eigenvalue weighted by Crippen LogP contribution is -2.39. The second-order valence-electron chi connectivity index (χ2n) is 7.89. The van der Waals surface area contributed by atoms with Crippen LogP contribution in [0.2, 0.25) is 0 Å². The van der Waals surface area contributed by atoms with Crippen molar-refractivity contribution in [3.63, 3.8) is 0 Å². The normalized spacial score (nSPS) is 13.9. The fourth-order valence-corrected chi connectivity index (χ4v) is 4.92. The summed E-state index contributed by atoms with van der Waals surface area (Å²) in [5, 5.41) is 20.4. The molecule has 1 saturated heterocycles. The highest BCUT2D eigenvalue weighted by molar-refractivity contribution is 7.98. The van der Waals surface area contributed by atoms with Gasteiger partial charge in [-0.05, 0) is 29.5 Å². The molecule has 8 heteroatoms. The Morgan fingerprint density at radius 1 is 1.12 bits per heavy atom. The number of piperidine rings is 1. The molecule has 33 heavy (non-hydrogen) atoms. The van der Waals surface area contributed by atoms with Gasteiger partial charge in [-0.25, -0.2) is 4.98 Å². The largest absolute Gasteiger partial charge is 0.461 e. The van der Waals surface area contributed by atoms with Gasteiger partial charge < -0.3 is 15.4 Å². The first-order chi connectivity index (χ1) is 16.0. The van der Waals surface area contributed by atoms with Crippen LogP contribution in [-0.2, 0) is 28.1 Å². The van der Waals surface area contributed by atoms with E-state index in [-0.39, 0.29) is 12.6 Å². The number of rotatable bonds is 8. The van der Waals surface area contributed by atoms with Crippen LogP contribution in [0.3, 0.4) is 0 Å². The number of hydrogen-bond acceptors (Lipinski definition) is 8. The third-order valence-corrected chi connectivity index (χ3v) is 6.89. The summed E-state index contributed by atoms with van der Waals surface area (Å²) in [5.41, 5.74) is 9.48. The standard InChI is InChI=1S/C25H29N5O2S/c1-3-17-5-7-18(8-6-17)16-33-25-22(14-27)20(4-2)21(13-26)24(29-25)30-11-9-19(10-12-30)32-23(31)15-28/h5-8,19H,3-4,9-12,15-16,28H2,1-2H3. The van der Waals surface area contributed by atoms with Crippen molar-refractivity contribution in [1.29, 1.82) is 10.5 Å². The highest BCUT2D eigenvalue weighted by Gasteiger charge is 2.27. The number of ether oxygens (including phenoxy) is 1. The highest BCUT2D eigenvalue weighted by atomic mass is 32.2. The van der Waals surface area contributed by atoms with Crippen molar-refractivity contribution in [2.45, 2.75) is 56.4 Å². The minimum Gasteiger partial charge on any atom is -0.461 e. The summed E-state index contributed by atoms with van der Waals surface area (Å²) in [6.07, 6.45) is 2.68. The quantitative estimate of drug-likeness (QED) is 0.465. The minimum absolute atomic E-state index is 0.127. The van der Waals surface area contributed by atoms with Crippen molar-refractivity contribution in [2.75, 3.05) is 24.5 Å². The lowest BCUT2D eigenvalue weighted by Gasteiger charge is -2.33. The number of nitrogens with two attached hydrogens (primary N) is 1. The van der Waals surface area contributed by atoms with E-state index in [1.807, 2.05) is 6.92 Å². The Bertz CT molecular complexity index is 1060. The van der Waals surface area contributed by atoms with E-state index in [4.69, 9.17) is 15.5 Å². The van der Waals surface area contributed by atoms with Gasteiger partial charge in [0.15, 0.2) is 0 Å². The first-order valence-electron chi connectivity index (χ1n) is 11.3. The van der Waals surface area contributed by atoms with Crippen LogP contribution in [0.5, 0.6) is 0 Å². The first-order valence-corrected chi connectivity index (χ1v) is 12.2. The molecular weight excluding hydrogens is 434 g/mol. The van der Waals surface area contributed by atoms with Gasteiger partial charge in [-0.1, -0.05) is 38.1 Å². The van der Waals surface area contributed by atoms with E-state index in [2.05, 4.69) is 48.2 Å². The molecule has 0 radical (unpaired) electrons. The first kappa shape index (κ1) is 24.6. The van der Waals surface area contributed by atoms with Gasteiger partial charge in [-0.2, -0.15) is 10.5 Å². The number of pyridine rings is 1. The predicted molar refractivity (Wildman–Crippen MR) is 129 cm³/mol. The molecule has 0 amide bonds. The molecule has 1 aromatic carbocycles. The van der Waals surface area contributed by atoms with Crippen molar-refractivity contribution >= 4 is 23.5 Å². The van der Waals surface area contributed by atoms with E-state index >= 15 is 0 Å². The Morgan fingerprint density at radius 2 is 1.76 bits per heavy atom. The van der Waals surface area contributed by atoms with E-state index in [9.17, 15) is 15.3 Å². The minimum atomic E-state index is -0.401. The van der Waals surface area contributed by atoms with Crippen LogP contribution in [0.1, 0.15) is 54.5 Å². The number of aryl methyl sites for hydroxylation is 1. The van der Waals surface area contributed by atoms with E-state index < -0.39 is 5.97 Å². The molecule has 1 aromatic heterocycles. The lowest BCUT2D eigenvalue weighted by atomic mass is 10.0. The van der Waals surface area contributed by atoms with Gasteiger partial charge in [0, 0.05) is 31.7 Å². The van der Waals surface area contributed by atoms with Crippen LogP contribution < -0.4 is 10.6 Å². The number of benzene rings is 1. The molecule has 0 unspecified atom stereocenters. The maximum atomic E-state index is 11.5. The van der Waals surface area contributed by atoms with Gasteiger partial charge in [-0.3, -0.25) is 4.79 Å². The molecule has 0 saturated carbocycles. The maximum absolute atomic E-state index is 11.5. The third-order valence-electron chi connectivity index (χ3n) is 5.84. The SMILES string of the molecule is CCc1ccc(CSc2nc(N3CCC(OC(=O)CN)CC3)c(C#N)c(CC)c2C#N)cc1. The third kappa shape index (κ3) is 5.84. The molecular formula is C25H29N5O2S. The summed E-state index contributed by atoms with van der Waals surface area (Å²) in [7, 11) is 0. The van der Waals surface area contributed by atoms with Crippen LogP contribution in [0.4, 0.5) is 5.82 Å². The highest BCUT2D eigenvalue weighted by Crippen LogP contribution is 2.34. The average Bonchev–Trinajstić information content (AvgIpc) is 2.86. The Hall–Kier alpha value is -3.07. The van der Waals surface area contributed by atoms with Crippen LogP contribution in [-0.4, -0.2) is 36.7 Å². The number of hydrogen-bond donors (Lipinski definition) is 1. The van der Waals surface area contributed by atoms with Crippen molar-refractivity contribution in [3.05, 3.63) is 52.1 Å². The van der Waals surface area contributed by atoms with Crippen molar-refractivity contribution < 1.29 is 9.53 Å². The number of esters is 1. The zero-order valence-corrected chi connectivity index (χ0v) is 20.0. The van der Waals surface area contributed by atoms with Gasteiger partial charge in [0.05, 0.1) is 17.7 Å². The number of nitriles is 2. The van der Waals surface area contributed by atoms with Crippen LogP contribution >= 0.6 is 11.8 Å². The van der Waals surface area contributed by atoms with Gasteiger partial charge in [0.25, 0.3) is 0 Å². The monoisotopic (exact) mass is 463 g/mol. The molecule has 0 atom stereocenters. The number of aromatic nitrogens is 1. The van der Waals surface area contributed by atoms with E-state index in [1.54, 1.807) is 0 Å². The second-order valence-corrected chi connectivity index (χ2v) is 8.85. The molecule has 3 rings (SSSR count). The van der Waals surface area contributed by atoms with Crippen LogP contribution in [0, 0.1) is 22.7 Å². The number of thioether (sulfide) groups is 1.